The number of hydrogen-bond acceptors (Lipinski definition) is 1. The predicted molar refractivity (Wildman–Crippen MR) is 66.6 cm³/mol. The summed E-state index contributed by atoms with van der Waals surface area (Å²) in [5.41, 5.74) is 1.18. The number of benzene rings is 1. The van der Waals surface area contributed by atoms with Crippen LogP contribution in [0.1, 0.15) is 23.2 Å². The van der Waals surface area contributed by atoms with Crippen molar-refractivity contribution in [2.24, 2.45) is 7.05 Å². The summed E-state index contributed by atoms with van der Waals surface area (Å²) in [6, 6.07) is 10.2. The molecule has 2 aromatic rings. The minimum Gasteiger partial charge on any atom is -0.338 e. The Bertz CT molecular complexity index is 436. The van der Waals surface area contributed by atoms with Gasteiger partial charge in [-0.05, 0) is 12.0 Å². The van der Waals surface area contributed by atoms with Crippen molar-refractivity contribution in [2.75, 3.05) is 0 Å². The van der Waals surface area contributed by atoms with Gasteiger partial charge in [0.05, 0.1) is 5.38 Å². The van der Waals surface area contributed by atoms with Gasteiger partial charge in [-0.3, -0.25) is 0 Å². The molecule has 2 nitrogen and oxygen atoms in total. The van der Waals surface area contributed by atoms with Gasteiger partial charge in [0.1, 0.15) is 5.82 Å². The van der Waals surface area contributed by atoms with E-state index in [1.807, 2.05) is 42.2 Å². The van der Waals surface area contributed by atoms with Crippen molar-refractivity contribution in [3.05, 3.63) is 54.1 Å². The number of rotatable bonds is 4. The molecule has 0 amide bonds. The smallest absolute Gasteiger partial charge is 0.108 e. The number of aromatic nitrogens is 2. The minimum absolute atomic E-state index is 0.0675. The van der Waals surface area contributed by atoms with Crippen LogP contribution in [0.4, 0.5) is 0 Å². The second-order valence-corrected chi connectivity index (χ2v) is 4.40. The lowest BCUT2D eigenvalue weighted by Crippen LogP contribution is -2.00. The molecule has 0 aliphatic rings. The Hall–Kier alpha value is -1.28. The molecule has 3 heteroatoms. The molecular formula is C13H15ClN2. The molecule has 0 saturated carbocycles. The monoisotopic (exact) mass is 234 g/mol. The quantitative estimate of drug-likeness (QED) is 0.742. The van der Waals surface area contributed by atoms with Gasteiger partial charge in [0.2, 0.25) is 0 Å². The molecule has 0 saturated heterocycles. The first-order chi connectivity index (χ1) is 7.77. The number of aryl methyl sites for hydroxylation is 2. The molecule has 2 rings (SSSR count). The molecule has 0 fully saturated rings. The summed E-state index contributed by atoms with van der Waals surface area (Å²) < 4.78 is 2.04. The van der Waals surface area contributed by atoms with Crippen LogP contribution in [0.15, 0.2) is 42.7 Å². The topological polar surface area (TPSA) is 17.8 Å². The zero-order chi connectivity index (χ0) is 11.4. The van der Waals surface area contributed by atoms with Crippen LogP contribution in [0.5, 0.6) is 0 Å². The van der Waals surface area contributed by atoms with Crippen molar-refractivity contribution >= 4 is 11.6 Å². The third-order valence-corrected chi connectivity index (χ3v) is 3.17. The lowest BCUT2D eigenvalue weighted by molar-refractivity contribution is 0.711. The van der Waals surface area contributed by atoms with E-state index in [9.17, 15) is 0 Å². The average molecular weight is 235 g/mol. The van der Waals surface area contributed by atoms with Crippen LogP contribution in [0.3, 0.4) is 0 Å². The molecule has 1 heterocycles. The van der Waals surface area contributed by atoms with Gasteiger partial charge in [-0.15, -0.1) is 11.6 Å². The van der Waals surface area contributed by atoms with Gasteiger partial charge in [0.25, 0.3) is 0 Å². The molecule has 1 atom stereocenters. The maximum Gasteiger partial charge on any atom is 0.108 e. The summed E-state index contributed by atoms with van der Waals surface area (Å²) in [5.74, 6) is 1.08. The van der Waals surface area contributed by atoms with Gasteiger partial charge in [-0.2, -0.15) is 0 Å². The van der Waals surface area contributed by atoms with Gasteiger partial charge in [0.15, 0.2) is 0 Å². The Morgan fingerprint density at radius 2 is 2.06 bits per heavy atom. The number of imidazole rings is 1. The minimum atomic E-state index is 0.0675. The first-order valence-electron chi connectivity index (χ1n) is 5.42. The Morgan fingerprint density at radius 1 is 1.31 bits per heavy atom. The Balaban J connectivity index is 1.94. The van der Waals surface area contributed by atoms with Crippen LogP contribution < -0.4 is 0 Å². The molecule has 0 radical (unpaired) electrons. The molecule has 0 aliphatic carbocycles. The number of nitrogens with zero attached hydrogens (tertiary/aromatic N) is 2. The van der Waals surface area contributed by atoms with E-state index < -0.39 is 0 Å². The maximum atomic E-state index is 6.34. The lowest BCUT2D eigenvalue weighted by Gasteiger charge is -2.09. The molecule has 16 heavy (non-hydrogen) atoms. The molecular weight excluding hydrogens is 220 g/mol. The van der Waals surface area contributed by atoms with E-state index in [-0.39, 0.29) is 5.38 Å². The van der Waals surface area contributed by atoms with Crippen LogP contribution in [0.2, 0.25) is 0 Å². The largest absolute Gasteiger partial charge is 0.338 e. The molecule has 0 N–H and O–H groups in total. The van der Waals surface area contributed by atoms with Crippen LogP contribution in [-0.2, 0) is 13.5 Å². The summed E-state index contributed by atoms with van der Waals surface area (Å²) in [4.78, 5) is 4.29. The lowest BCUT2D eigenvalue weighted by atomic mass is 10.1. The summed E-state index contributed by atoms with van der Waals surface area (Å²) in [5, 5.41) is 0.0675. The molecule has 0 spiro atoms. The van der Waals surface area contributed by atoms with E-state index in [0.717, 1.165) is 18.7 Å². The zero-order valence-corrected chi connectivity index (χ0v) is 10.1. The summed E-state index contributed by atoms with van der Waals surface area (Å²) >= 11 is 6.34. The number of halogens is 1. The summed E-state index contributed by atoms with van der Waals surface area (Å²) in [6.07, 6.45) is 5.60. The fourth-order valence-electron chi connectivity index (χ4n) is 1.72. The normalized spacial score (nSPS) is 12.6. The van der Waals surface area contributed by atoms with Crippen molar-refractivity contribution in [1.29, 1.82) is 0 Å². The first-order valence-corrected chi connectivity index (χ1v) is 5.86. The molecule has 1 aromatic heterocycles. The van der Waals surface area contributed by atoms with E-state index in [0.29, 0.717) is 0 Å². The third kappa shape index (κ3) is 2.64. The molecule has 1 unspecified atom stereocenters. The van der Waals surface area contributed by atoms with Gasteiger partial charge in [-0.1, -0.05) is 30.3 Å². The highest BCUT2D eigenvalue weighted by atomic mass is 35.5. The van der Waals surface area contributed by atoms with E-state index in [2.05, 4.69) is 17.1 Å². The van der Waals surface area contributed by atoms with Gasteiger partial charge in [0, 0.05) is 25.9 Å². The van der Waals surface area contributed by atoms with Gasteiger partial charge >= 0.3 is 0 Å². The van der Waals surface area contributed by atoms with E-state index in [1.165, 1.54) is 5.56 Å². The fourth-order valence-corrected chi connectivity index (χ4v) is 1.98. The molecule has 0 bridgehead atoms. The number of hydrogen-bond donors (Lipinski definition) is 0. The Kier molecular flexibility index (Phi) is 3.62. The fraction of sp³-hybridized carbons (Fsp3) is 0.308. The van der Waals surface area contributed by atoms with Gasteiger partial charge < -0.3 is 4.57 Å². The summed E-state index contributed by atoms with van der Waals surface area (Å²) in [6.45, 7) is 0. The van der Waals surface area contributed by atoms with Crippen molar-refractivity contribution < 1.29 is 0 Å². The highest BCUT2D eigenvalue weighted by Gasteiger charge is 2.08. The van der Waals surface area contributed by atoms with Crippen LogP contribution >= 0.6 is 11.6 Å². The SMILES string of the molecule is Cn1ccnc1CCC(Cl)c1ccccc1. The second kappa shape index (κ2) is 5.17. The Labute approximate surface area is 101 Å². The van der Waals surface area contributed by atoms with Gasteiger partial charge in [-0.25, -0.2) is 4.98 Å². The molecule has 84 valence electrons. The maximum absolute atomic E-state index is 6.34. The first kappa shape index (κ1) is 11.2. The molecule has 1 aromatic carbocycles. The number of alkyl halides is 1. The standard InChI is InChI=1S/C13H15ClN2/c1-16-10-9-15-13(16)8-7-12(14)11-5-3-2-4-6-11/h2-6,9-10,12H,7-8H2,1H3. The second-order valence-electron chi connectivity index (χ2n) is 3.87. The van der Waals surface area contributed by atoms with E-state index in [1.54, 1.807) is 0 Å². The van der Waals surface area contributed by atoms with E-state index in [4.69, 9.17) is 11.6 Å². The highest BCUT2D eigenvalue weighted by molar-refractivity contribution is 6.20. The Morgan fingerprint density at radius 3 is 2.69 bits per heavy atom. The predicted octanol–water partition coefficient (Wildman–Crippen LogP) is 3.33. The van der Waals surface area contributed by atoms with Crippen molar-refractivity contribution in [3.8, 4) is 0 Å². The van der Waals surface area contributed by atoms with Crippen molar-refractivity contribution in [3.63, 3.8) is 0 Å². The van der Waals surface area contributed by atoms with Crippen LogP contribution in [0, 0.1) is 0 Å². The zero-order valence-electron chi connectivity index (χ0n) is 9.31. The van der Waals surface area contributed by atoms with Crippen LogP contribution in [0.25, 0.3) is 0 Å². The average Bonchev–Trinajstić information content (AvgIpc) is 2.73. The van der Waals surface area contributed by atoms with E-state index >= 15 is 0 Å². The summed E-state index contributed by atoms with van der Waals surface area (Å²) in [7, 11) is 2.01. The highest BCUT2D eigenvalue weighted by Crippen LogP contribution is 2.25. The van der Waals surface area contributed by atoms with Crippen LogP contribution in [-0.4, -0.2) is 9.55 Å². The van der Waals surface area contributed by atoms with Crippen molar-refractivity contribution in [1.82, 2.24) is 9.55 Å². The third-order valence-electron chi connectivity index (χ3n) is 2.70. The molecule has 0 aliphatic heterocycles. The van der Waals surface area contributed by atoms with Crippen molar-refractivity contribution in [2.45, 2.75) is 18.2 Å².